The molecule has 3 heteroatoms. The molecule has 1 heterocycles. The fourth-order valence-electron chi connectivity index (χ4n) is 1.27. The molecule has 0 saturated heterocycles. The van der Waals surface area contributed by atoms with Crippen molar-refractivity contribution in [3.63, 3.8) is 0 Å². The molecule has 1 N–H and O–H groups in total. The molecule has 0 fully saturated rings. The van der Waals surface area contributed by atoms with Crippen molar-refractivity contribution in [1.29, 1.82) is 0 Å². The van der Waals surface area contributed by atoms with Crippen LogP contribution in [0, 0.1) is 6.92 Å². The van der Waals surface area contributed by atoms with Crippen molar-refractivity contribution in [2.45, 2.75) is 6.92 Å². The highest BCUT2D eigenvalue weighted by Gasteiger charge is 2.05. The van der Waals surface area contributed by atoms with E-state index in [9.17, 15) is 9.90 Å². The van der Waals surface area contributed by atoms with Crippen molar-refractivity contribution in [2.75, 3.05) is 0 Å². The molecular formula is C10H8O3. The van der Waals surface area contributed by atoms with E-state index in [2.05, 4.69) is 0 Å². The van der Waals surface area contributed by atoms with E-state index in [-0.39, 0.29) is 11.3 Å². The van der Waals surface area contributed by atoms with E-state index in [4.69, 9.17) is 4.42 Å². The lowest BCUT2D eigenvalue weighted by Crippen LogP contribution is -1.91. The molecule has 0 bridgehead atoms. The Balaban J connectivity index is 3.04. The maximum absolute atomic E-state index is 11.1. The first-order valence-corrected chi connectivity index (χ1v) is 3.91. The van der Waals surface area contributed by atoms with E-state index in [0.29, 0.717) is 5.76 Å². The zero-order valence-electron chi connectivity index (χ0n) is 7.07. The Hall–Kier alpha value is -1.77. The van der Waals surface area contributed by atoms with E-state index in [1.165, 1.54) is 6.07 Å². The van der Waals surface area contributed by atoms with Gasteiger partial charge in [-0.1, -0.05) is 12.1 Å². The van der Waals surface area contributed by atoms with Crippen molar-refractivity contribution in [1.82, 2.24) is 0 Å². The Labute approximate surface area is 74.2 Å². The molecule has 0 radical (unpaired) electrons. The van der Waals surface area contributed by atoms with Gasteiger partial charge in [0.1, 0.15) is 5.76 Å². The van der Waals surface area contributed by atoms with Gasteiger partial charge < -0.3 is 9.52 Å². The van der Waals surface area contributed by atoms with Gasteiger partial charge in [-0.2, -0.15) is 0 Å². The van der Waals surface area contributed by atoms with Crippen LogP contribution in [-0.2, 0) is 0 Å². The highest BCUT2D eigenvalue weighted by Crippen LogP contribution is 2.22. The summed E-state index contributed by atoms with van der Waals surface area (Å²) >= 11 is 0. The fraction of sp³-hybridized carbons (Fsp3) is 0.100. The van der Waals surface area contributed by atoms with Gasteiger partial charge in [0.15, 0.2) is 5.58 Å². The minimum absolute atomic E-state index is 0.257. The largest absolute Gasteiger partial charge is 0.502 e. The van der Waals surface area contributed by atoms with E-state index in [0.717, 1.165) is 5.39 Å². The number of rotatable bonds is 0. The molecular weight excluding hydrogens is 168 g/mol. The van der Waals surface area contributed by atoms with Crippen LogP contribution in [0.4, 0.5) is 0 Å². The Bertz CT molecular complexity index is 511. The van der Waals surface area contributed by atoms with Gasteiger partial charge in [-0.15, -0.1) is 0 Å². The van der Waals surface area contributed by atoms with Crippen LogP contribution < -0.4 is 5.43 Å². The number of aromatic hydroxyl groups is 1. The number of hydrogen-bond donors (Lipinski definition) is 1. The lowest BCUT2D eigenvalue weighted by atomic mass is 10.3. The summed E-state index contributed by atoms with van der Waals surface area (Å²) < 4.78 is 5.19. The molecule has 0 saturated carbocycles. The summed E-state index contributed by atoms with van der Waals surface area (Å²) in [5.41, 5.74) is -0.170. The number of aryl methyl sites for hydroxylation is 1. The molecule has 0 aliphatic rings. The van der Waals surface area contributed by atoms with E-state index in [1.54, 1.807) is 25.1 Å². The third-order valence-electron chi connectivity index (χ3n) is 1.86. The Morgan fingerprint density at radius 3 is 2.92 bits per heavy atom. The second-order valence-corrected chi connectivity index (χ2v) is 2.88. The summed E-state index contributed by atoms with van der Waals surface area (Å²) in [6.07, 6.45) is 0. The molecule has 3 nitrogen and oxygen atoms in total. The van der Waals surface area contributed by atoms with Crippen molar-refractivity contribution >= 4 is 11.0 Å². The summed E-state index contributed by atoms with van der Waals surface area (Å²) in [6, 6.07) is 6.40. The Kier molecular flexibility index (Phi) is 1.59. The van der Waals surface area contributed by atoms with Gasteiger partial charge in [0.05, 0.1) is 0 Å². The molecule has 0 atom stereocenters. The second kappa shape index (κ2) is 2.62. The molecule has 0 aliphatic heterocycles. The molecule has 0 unspecified atom stereocenters. The molecule has 1 aromatic heterocycles. The van der Waals surface area contributed by atoms with Crippen LogP contribution in [0.1, 0.15) is 5.76 Å². The average molecular weight is 176 g/mol. The van der Waals surface area contributed by atoms with Gasteiger partial charge in [-0.05, 0) is 19.1 Å². The number of furan rings is 1. The minimum atomic E-state index is -0.427. The van der Waals surface area contributed by atoms with Crippen molar-refractivity contribution in [3.05, 3.63) is 40.2 Å². The Morgan fingerprint density at radius 2 is 2.15 bits per heavy atom. The zero-order chi connectivity index (χ0) is 9.42. The fourth-order valence-corrected chi connectivity index (χ4v) is 1.27. The van der Waals surface area contributed by atoms with Gasteiger partial charge in [0.25, 0.3) is 0 Å². The molecule has 0 amide bonds. The normalized spacial score (nSPS) is 10.5. The van der Waals surface area contributed by atoms with Crippen molar-refractivity contribution in [2.24, 2.45) is 0 Å². The van der Waals surface area contributed by atoms with Gasteiger partial charge in [0, 0.05) is 5.39 Å². The SMILES string of the molecule is Cc1cc2cccc(=O)c(O)c2o1. The van der Waals surface area contributed by atoms with Crippen LogP contribution >= 0.6 is 0 Å². The van der Waals surface area contributed by atoms with Crippen LogP contribution in [0.5, 0.6) is 5.75 Å². The third kappa shape index (κ3) is 1.18. The number of hydrogen-bond acceptors (Lipinski definition) is 3. The van der Waals surface area contributed by atoms with Crippen LogP contribution in [0.25, 0.3) is 11.0 Å². The van der Waals surface area contributed by atoms with Crippen LogP contribution in [0.2, 0.25) is 0 Å². The summed E-state index contributed by atoms with van der Waals surface area (Å²) in [7, 11) is 0. The summed E-state index contributed by atoms with van der Waals surface area (Å²) in [6.45, 7) is 1.77. The maximum atomic E-state index is 11.1. The van der Waals surface area contributed by atoms with Gasteiger partial charge in [0.2, 0.25) is 11.2 Å². The lowest BCUT2D eigenvalue weighted by molar-refractivity contribution is 0.457. The van der Waals surface area contributed by atoms with Crippen molar-refractivity contribution in [3.8, 4) is 5.75 Å². The monoisotopic (exact) mass is 176 g/mol. The molecule has 2 rings (SSSR count). The van der Waals surface area contributed by atoms with Crippen LogP contribution in [0.15, 0.2) is 33.5 Å². The van der Waals surface area contributed by atoms with E-state index < -0.39 is 5.43 Å². The minimum Gasteiger partial charge on any atom is -0.502 e. The van der Waals surface area contributed by atoms with Gasteiger partial charge >= 0.3 is 0 Å². The molecule has 0 aliphatic carbocycles. The molecule has 2 aromatic rings. The molecule has 0 spiro atoms. The maximum Gasteiger partial charge on any atom is 0.224 e. The topological polar surface area (TPSA) is 50.4 Å². The number of fused-ring (bicyclic) bond motifs is 1. The average Bonchev–Trinajstić information content (AvgIpc) is 2.40. The zero-order valence-corrected chi connectivity index (χ0v) is 7.07. The highest BCUT2D eigenvalue weighted by atomic mass is 16.4. The summed E-state index contributed by atoms with van der Waals surface area (Å²) in [5, 5.41) is 10.2. The second-order valence-electron chi connectivity index (χ2n) is 2.88. The van der Waals surface area contributed by atoms with Crippen molar-refractivity contribution < 1.29 is 9.52 Å². The van der Waals surface area contributed by atoms with Crippen LogP contribution in [0.3, 0.4) is 0 Å². The predicted molar refractivity (Wildman–Crippen MR) is 48.9 cm³/mol. The third-order valence-corrected chi connectivity index (χ3v) is 1.86. The quantitative estimate of drug-likeness (QED) is 0.665. The first kappa shape index (κ1) is 7.86. The molecule has 1 aromatic carbocycles. The van der Waals surface area contributed by atoms with Gasteiger partial charge in [-0.3, -0.25) is 4.79 Å². The molecule has 13 heavy (non-hydrogen) atoms. The lowest BCUT2D eigenvalue weighted by Gasteiger charge is -1.83. The van der Waals surface area contributed by atoms with E-state index in [1.807, 2.05) is 0 Å². The standard InChI is InChI=1S/C10H8O3/c1-6-5-7-3-2-4-8(11)9(12)10(7)13-6/h2-5H,1H3,(H,11,12). The highest BCUT2D eigenvalue weighted by molar-refractivity contribution is 5.82. The first-order valence-electron chi connectivity index (χ1n) is 3.91. The molecule has 66 valence electrons. The smallest absolute Gasteiger partial charge is 0.224 e. The first-order chi connectivity index (χ1) is 6.18. The summed E-state index contributed by atoms with van der Waals surface area (Å²) in [4.78, 5) is 11.1. The van der Waals surface area contributed by atoms with E-state index >= 15 is 0 Å². The van der Waals surface area contributed by atoms with Gasteiger partial charge in [-0.25, -0.2) is 0 Å². The Morgan fingerprint density at radius 1 is 1.38 bits per heavy atom. The predicted octanol–water partition coefficient (Wildman–Crippen LogP) is 1.81. The van der Waals surface area contributed by atoms with Crippen LogP contribution in [-0.4, -0.2) is 5.11 Å². The summed E-state index contributed by atoms with van der Waals surface area (Å²) in [5.74, 6) is 0.351.